The Labute approximate surface area is 163 Å². The lowest BCUT2D eigenvalue weighted by Crippen LogP contribution is -2.48. The molecule has 3 aliphatic rings. The minimum atomic E-state index is 0.378. The Morgan fingerprint density at radius 3 is 2.26 bits per heavy atom. The number of hydrogen-bond donors (Lipinski definition) is 3. The highest BCUT2D eigenvalue weighted by atomic mass is 15.0. The van der Waals surface area contributed by atoms with Crippen LogP contribution in [-0.4, -0.2) is 35.4 Å². The number of pyridine rings is 1. The lowest BCUT2D eigenvalue weighted by Gasteiger charge is -2.32. The Morgan fingerprint density at radius 1 is 0.778 bits per heavy atom. The third kappa shape index (κ3) is 5.17. The van der Waals surface area contributed by atoms with Crippen LogP contribution in [0.25, 0.3) is 0 Å². The number of nitrogens with zero attached hydrogens (tertiary/aromatic N) is 2. The maximum Gasteiger partial charge on any atom is 0.0652 e. The molecule has 4 rings (SSSR count). The van der Waals surface area contributed by atoms with Gasteiger partial charge in [-0.3, -0.25) is 9.98 Å². The molecule has 2 aliphatic carbocycles. The fourth-order valence-corrected chi connectivity index (χ4v) is 4.68. The minimum absolute atomic E-state index is 0.378. The summed E-state index contributed by atoms with van der Waals surface area (Å²) in [5, 5.41) is 11.1. The molecule has 0 saturated heterocycles. The molecular weight excluding hydrogens is 334 g/mol. The maximum atomic E-state index is 4.88. The molecule has 2 heterocycles. The van der Waals surface area contributed by atoms with Crippen molar-refractivity contribution in [1.29, 1.82) is 0 Å². The molecule has 2 bridgehead atoms. The van der Waals surface area contributed by atoms with Crippen molar-refractivity contribution in [2.45, 2.75) is 88.6 Å². The Kier molecular flexibility index (Phi) is 6.53. The molecule has 5 heteroatoms. The van der Waals surface area contributed by atoms with E-state index in [9.17, 15) is 0 Å². The second-order valence-electron chi connectivity index (χ2n) is 8.16. The predicted molar refractivity (Wildman–Crippen MR) is 111 cm³/mol. The fraction of sp³-hybridized carbons (Fsp3) is 0.636. The van der Waals surface area contributed by atoms with Gasteiger partial charge in [0, 0.05) is 37.4 Å². The van der Waals surface area contributed by atoms with Crippen LogP contribution in [0, 0.1) is 0 Å². The molecule has 3 N–H and O–H groups in total. The van der Waals surface area contributed by atoms with Gasteiger partial charge in [0.05, 0.1) is 17.4 Å². The molecule has 0 spiro atoms. The average Bonchev–Trinajstić information content (AvgIpc) is 2.71. The first-order chi connectivity index (χ1) is 13.4. The van der Waals surface area contributed by atoms with Gasteiger partial charge in [0.1, 0.15) is 0 Å². The van der Waals surface area contributed by atoms with E-state index in [1.807, 2.05) is 6.21 Å². The van der Waals surface area contributed by atoms with Gasteiger partial charge in [-0.2, -0.15) is 0 Å². The predicted octanol–water partition coefficient (Wildman–Crippen LogP) is 3.07. The van der Waals surface area contributed by atoms with Crippen molar-refractivity contribution in [3.05, 3.63) is 41.9 Å². The van der Waals surface area contributed by atoms with Gasteiger partial charge in [0.15, 0.2) is 0 Å². The van der Waals surface area contributed by atoms with E-state index in [2.05, 4.69) is 46.4 Å². The smallest absolute Gasteiger partial charge is 0.0652 e. The van der Waals surface area contributed by atoms with Crippen molar-refractivity contribution in [3.63, 3.8) is 0 Å². The zero-order valence-corrected chi connectivity index (χ0v) is 16.2. The van der Waals surface area contributed by atoms with Crippen LogP contribution in [0.3, 0.4) is 0 Å². The molecule has 0 aromatic carbocycles. The second kappa shape index (κ2) is 9.47. The van der Waals surface area contributed by atoms with Gasteiger partial charge in [0.25, 0.3) is 0 Å². The van der Waals surface area contributed by atoms with E-state index < -0.39 is 0 Å². The number of nitrogens with one attached hydrogen (secondary N) is 3. The summed E-state index contributed by atoms with van der Waals surface area (Å²) in [7, 11) is 0. The normalized spacial score (nSPS) is 33.3. The summed E-state index contributed by atoms with van der Waals surface area (Å²) >= 11 is 0. The quantitative estimate of drug-likeness (QED) is 0.659. The van der Waals surface area contributed by atoms with Crippen molar-refractivity contribution in [3.8, 4) is 0 Å². The van der Waals surface area contributed by atoms with Gasteiger partial charge in [-0.1, -0.05) is 31.7 Å². The van der Waals surface area contributed by atoms with Crippen LogP contribution < -0.4 is 16.0 Å². The first-order valence-electron chi connectivity index (χ1n) is 10.7. The lowest BCUT2D eigenvalue weighted by atomic mass is 9.90. The number of rotatable bonds is 0. The SMILES string of the molecule is C1=N[C@@H]2CCCC[C@H]2NCc2cccc(n2)CN[C@@H]2CCCC[C@H]2N/C=C\1. The molecule has 146 valence electrons. The Morgan fingerprint density at radius 2 is 1.44 bits per heavy atom. The first-order valence-corrected chi connectivity index (χ1v) is 10.7. The molecule has 1 aromatic rings. The van der Waals surface area contributed by atoms with Crippen LogP contribution in [0.15, 0.2) is 35.5 Å². The Bertz CT molecular complexity index is 656. The third-order valence-electron chi connectivity index (χ3n) is 6.22. The summed E-state index contributed by atoms with van der Waals surface area (Å²) < 4.78 is 0. The highest BCUT2D eigenvalue weighted by Crippen LogP contribution is 2.22. The molecule has 5 nitrogen and oxygen atoms in total. The van der Waals surface area contributed by atoms with E-state index in [1.165, 1.54) is 51.4 Å². The number of hydrogen-bond acceptors (Lipinski definition) is 5. The molecule has 4 atom stereocenters. The van der Waals surface area contributed by atoms with Gasteiger partial charge in [-0.05, 0) is 50.1 Å². The maximum absolute atomic E-state index is 4.88. The highest BCUT2D eigenvalue weighted by Gasteiger charge is 2.25. The van der Waals surface area contributed by atoms with Crippen LogP contribution in [0.4, 0.5) is 0 Å². The van der Waals surface area contributed by atoms with Gasteiger partial charge in [0.2, 0.25) is 0 Å². The third-order valence-corrected chi connectivity index (χ3v) is 6.22. The molecular formula is C22H33N5. The molecule has 2 saturated carbocycles. The summed E-state index contributed by atoms with van der Waals surface area (Å²) in [6.07, 6.45) is 16.2. The van der Waals surface area contributed by atoms with Crippen LogP contribution in [0.5, 0.6) is 0 Å². The van der Waals surface area contributed by atoms with Crippen LogP contribution >= 0.6 is 0 Å². The first kappa shape index (κ1) is 18.6. The molecule has 0 amide bonds. The summed E-state index contributed by atoms with van der Waals surface area (Å²) in [5.74, 6) is 0. The monoisotopic (exact) mass is 367 g/mol. The van der Waals surface area contributed by atoms with E-state index in [0.29, 0.717) is 24.2 Å². The van der Waals surface area contributed by atoms with E-state index in [-0.39, 0.29) is 0 Å². The van der Waals surface area contributed by atoms with Gasteiger partial charge in [-0.25, -0.2) is 0 Å². The second-order valence-corrected chi connectivity index (χ2v) is 8.16. The van der Waals surface area contributed by atoms with E-state index in [1.54, 1.807) is 0 Å². The average molecular weight is 368 g/mol. The van der Waals surface area contributed by atoms with Crippen molar-refractivity contribution in [2.75, 3.05) is 0 Å². The van der Waals surface area contributed by atoms with Gasteiger partial charge in [-0.15, -0.1) is 0 Å². The van der Waals surface area contributed by atoms with Gasteiger partial charge < -0.3 is 16.0 Å². The molecule has 1 aromatic heterocycles. The largest absolute Gasteiger partial charge is 0.387 e. The van der Waals surface area contributed by atoms with Crippen LogP contribution in [-0.2, 0) is 13.1 Å². The molecule has 1 aliphatic heterocycles. The van der Waals surface area contributed by atoms with Crippen molar-refractivity contribution < 1.29 is 0 Å². The van der Waals surface area contributed by atoms with Crippen molar-refractivity contribution >= 4 is 6.21 Å². The zero-order valence-electron chi connectivity index (χ0n) is 16.2. The molecule has 27 heavy (non-hydrogen) atoms. The molecule has 2 fully saturated rings. The summed E-state index contributed by atoms with van der Waals surface area (Å²) in [5.41, 5.74) is 2.27. The van der Waals surface area contributed by atoms with Crippen LogP contribution in [0.1, 0.15) is 62.8 Å². The Hall–Kier alpha value is -1.72. The van der Waals surface area contributed by atoms with E-state index in [4.69, 9.17) is 9.98 Å². The molecule has 0 unspecified atom stereocenters. The van der Waals surface area contributed by atoms with Crippen molar-refractivity contribution in [2.24, 2.45) is 4.99 Å². The number of allylic oxidation sites excluding steroid dienone is 1. The highest BCUT2D eigenvalue weighted by molar-refractivity contribution is 5.71. The lowest BCUT2D eigenvalue weighted by molar-refractivity contribution is 0.300. The summed E-state index contributed by atoms with van der Waals surface area (Å²) in [4.78, 5) is 9.74. The standard InChI is InChI=1S/C22H33N5/c1-3-11-21-19(9-1)23-13-6-14-24-20-10-2-4-12-22(20)26-16-18-8-5-7-17(27-18)15-25-21/h5-8,13-14,19-23,25-26H,1-4,9-12,15-16H2/b13-6-,24-14?/t19-,20-,21-,22-/m1/s1. The topological polar surface area (TPSA) is 61.3 Å². The van der Waals surface area contributed by atoms with E-state index >= 15 is 0 Å². The van der Waals surface area contributed by atoms with Crippen molar-refractivity contribution in [1.82, 2.24) is 20.9 Å². The fourth-order valence-electron chi connectivity index (χ4n) is 4.68. The number of aliphatic imine (C=N–C) groups is 1. The Balaban J connectivity index is 1.52. The minimum Gasteiger partial charge on any atom is -0.387 e. The summed E-state index contributed by atoms with van der Waals surface area (Å²) in [6.45, 7) is 1.67. The number of aromatic nitrogens is 1. The van der Waals surface area contributed by atoms with E-state index in [0.717, 1.165) is 24.5 Å². The van der Waals surface area contributed by atoms with Crippen LogP contribution in [0.2, 0.25) is 0 Å². The zero-order chi connectivity index (χ0) is 18.3. The number of fused-ring (bicyclic) bond motifs is 4. The van der Waals surface area contributed by atoms with Gasteiger partial charge >= 0.3 is 0 Å². The molecule has 0 radical (unpaired) electrons. The summed E-state index contributed by atoms with van der Waals surface area (Å²) in [6, 6.07) is 8.23.